The van der Waals surface area contributed by atoms with Crippen LogP contribution >= 0.6 is 11.3 Å². The molecule has 1 atom stereocenters. The molecule has 0 amide bonds. The maximum absolute atomic E-state index is 12.2. The van der Waals surface area contributed by atoms with Crippen molar-refractivity contribution >= 4 is 21.4 Å². The molecule has 0 aliphatic carbocycles. The summed E-state index contributed by atoms with van der Waals surface area (Å²) in [6, 6.07) is 3.57. The van der Waals surface area contributed by atoms with Gasteiger partial charge in [0.2, 0.25) is 10.0 Å². The van der Waals surface area contributed by atoms with Crippen LogP contribution in [0.15, 0.2) is 16.3 Å². The summed E-state index contributed by atoms with van der Waals surface area (Å²) in [4.78, 5) is 1.05. The molecule has 5 nitrogen and oxygen atoms in total. The standard InChI is InChI=1S/C14H24N2O3S2/c1-2-7-15-10-13-3-4-14(20-13)21(17,18)16-8-5-12-6-9-19-11-12/h3-4,12,15-16H,2,5-11H2,1H3. The molecule has 1 aromatic rings. The van der Waals surface area contributed by atoms with E-state index >= 15 is 0 Å². The van der Waals surface area contributed by atoms with Crippen LogP contribution in [0.4, 0.5) is 0 Å². The van der Waals surface area contributed by atoms with Gasteiger partial charge in [-0.05, 0) is 43.9 Å². The van der Waals surface area contributed by atoms with Crippen LogP contribution in [0, 0.1) is 5.92 Å². The van der Waals surface area contributed by atoms with E-state index in [0.29, 0.717) is 16.7 Å². The Balaban J connectivity index is 1.80. The fourth-order valence-corrected chi connectivity index (χ4v) is 4.68. The zero-order valence-corrected chi connectivity index (χ0v) is 14.1. The lowest BCUT2D eigenvalue weighted by atomic mass is 10.1. The van der Waals surface area contributed by atoms with E-state index in [1.807, 2.05) is 6.07 Å². The third kappa shape index (κ3) is 5.34. The van der Waals surface area contributed by atoms with Crippen LogP contribution in [0.25, 0.3) is 0 Å². The molecule has 0 saturated carbocycles. The van der Waals surface area contributed by atoms with Gasteiger partial charge >= 0.3 is 0 Å². The second kappa shape index (κ2) is 8.24. The van der Waals surface area contributed by atoms with Crippen molar-refractivity contribution in [2.75, 3.05) is 26.3 Å². The molecule has 0 spiro atoms. The molecule has 120 valence electrons. The predicted molar refractivity (Wildman–Crippen MR) is 85.0 cm³/mol. The summed E-state index contributed by atoms with van der Waals surface area (Å²) >= 11 is 1.34. The van der Waals surface area contributed by atoms with E-state index < -0.39 is 10.0 Å². The Morgan fingerprint density at radius 3 is 2.95 bits per heavy atom. The van der Waals surface area contributed by atoms with Gasteiger partial charge in [-0.1, -0.05) is 6.92 Å². The first-order valence-electron chi connectivity index (χ1n) is 7.48. The maximum atomic E-state index is 12.2. The van der Waals surface area contributed by atoms with Crippen molar-refractivity contribution in [2.45, 2.75) is 36.9 Å². The van der Waals surface area contributed by atoms with Crippen LogP contribution in [-0.2, 0) is 21.3 Å². The molecular formula is C14H24N2O3S2. The van der Waals surface area contributed by atoms with Crippen molar-refractivity contribution in [3.8, 4) is 0 Å². The van der Waals surface area contributed by atoms with Gasteiger partial charge in [0.1, 0.15) is 4.21 Å². The van der Waals surface area contributed by atoms with E-state index in [9.17, 15) is 8.42 Å². The van der Waals surface area contributed by atoms with Gasteiger partial charge in [-0.15, -0.1) is 11.3 Å². The highest BCUT2D eigenvalue weighted by molar-refractivity contribution is 7.91. The second-order valence-corrected chi connectivity index (χ2v) is 8.48. The number of hydrogen-bond acceptors (Lipinski definition) is 5. The van der Waals surface area contributed by atoms with E-state index in [2.05, 4.69) is 17.0 Å². The molecule has 1 saturated heterocycles. The smallest absolute Gasteiger partial charge is 0.250 e. The van der Waals surface area contributed by atoms with Crippen LogP contribution in [0.1, 0.15) is 31.1 Å². The number of hydrogen-bond donors (Lipinski definition) is 2. The number of ether oxygens (including phenoxy) is 1. The molecule has 2 rings (SSSR count). The van der Waals surface area contributed by atoms with Gasteiger partial charge in [0, 0.05) is 31.2 Å². The van der Waals surface area contributed by atoms with E-state index in [4.69, 9.17) is 4.74 Å². The Morgan fingerprint density at radius 1 is 1.38 bits per heavy atom. The van der Waals surface area contributed by atoms with Crippen molar-refractivity contribution in [3.05, 3.63) is 17.0 Å². The van der Waals surface area contributed by atoms with E-state index in [1.165, 1.54) is 11.3 Å². The largest absolute Gasteiger partial charge is 0.381 e. The van der Waals surface area contributed by atoms with Crippen molar-refractivity contribution in [1.82, 2.24) is 10.0 Å². The Labute approximate surface area is 131 Å². The van der Waals surface area contributed by atoms with Crippen molar-refractivity contribution in [1.29, 1.82) is 0 Å². The van der Waals surface area contributed by atoms with Gasteiger partial charge in [-0.2, -0.15) is 0 Å². The Morgan fingerprint density at radius 2 is 2.24 bits per heavy atom. The average Bonchev–Trinajstić information content (AvgIpc) is 3.10. The molecule has 0 bridgehead atoms. The monoisotopic (exact) mass is 332 g/mol. The van der Waals surface area contributed by atoms with Gasteiger partial charge in [-0.3, -0.25) is 0 Å². The first-order chi connectivity index (χ1) is 10.1. The van der Waals surface area contributed by atoms with Crippen LogP contribution in [0.2, 0.25) is 0 Å². The molecular weight excluding hydrogens is 308 g/mol. The van der Waals surface area contributed by atoms with E-state index in [0.717, 1.165) is 50.4 Å². The maximum Gasteiger partial charge on any atom is 0.250 e. The molecule has 1 aromatic heterocycles. The topological polar surface area (TPSA) is 67.4 Å². The van der Waals surface area contributed by atoms with E-state index in [1.54, 1.807) is 6.07 Å². The van der Waals surface area contributed by atoms with Gasteiger partial charge in [0.25, 0.3) is 0 Å². The summed E-state index contributed by atoms with van der Waals surface area (Å²) in [5.74, 6) is 0.491. The molecule has 2 N–H and O–H groups in total. The molecule has 21 heavy (non-hydrogen) atoms. The van der Waals surface area contributed by atoms with Crippen LogP contribution < -0.4 is 10.0 Å². The van der Waals surface area contributed by atoms with E-state index in [-0.39, 0.29) is 0 Å². The zero-order chi connectivity index (χ0) is 15.1. The predicted octanol–water partition coefficient (Wildman–Crippen LogP) is 1.95. The summed E-state index contributed by atoms with van der Waals surface area (Å²) in [7, 11) is -3.36. The average molecular weight is 332 g/mol. The number of nitrogens with one attached hydrogen (secondary N) is 2. The van der Waals surface area contributed by atoms with Crippen molar-refractivity contribution in [2.24, 2.45) is 5.92 Å². The third-order valence-electron chi connectivity index (χ3n) is 3.50. The highest BCUT2D eigenvalue weighted by Gasteiger charge is 2.19. The van der Waals surface area contributed by atoms with Crippen LogP contribution in [0.3, 0.4) is 0 Å². The first kappa shape index (κ1) is 16.9. The third-order valence-corrected chi connectivity index (χ3v) is 6.53. The SMILES string of the molecule is CCCNCc1ccc(S(=O)(=O)NCCC2CCOC2)s1. The molecule has 1 aliphatic heterocycles. The molecule has 0 radical (unpaired) electrons. The van der Waals surface area contributed by atoms with Gasteiger partial charge in [0.05, 0.1) is 0 Å². The zero-order valence-electron chi connectivity index (χ0n) is 12.4. The lowest BCUT2D eigenvalue weighted by Crippen LogP contribution is -2.25. The van der Waals surface area contributed by atoms with Crippen molar-refractivity contribution < 1.29 is 13.2 Å². The Bertz CT molecular complexity index is 522. The normalized spacial score (nSPS) is 19.2. The highest BCUT2D eigenvalue weighted by Crippen LogP contribution is 2.22. The quantitative estimate of drug-likeness (QED) is 0.678. The lowest BCUT2D eigenvalue weighted by Gasteiger charge is -2.08. The molecule has 0 aromatic carbocycles. The summed E-state index contributed by atoms with van der Waals surface area (Å²) < 4.78 is 32.8. The number of sulfonamides is 1. The Kier molecular flexibility index (Phi) is 6.63. The minimum absolute atomic E-state index is 0.401. The molecule has 1 aliphatic rings. The fourth-order valence-electron chi connectivity index (χ4n) is 2.27. The highest BCUT2D eigenvalue weighted by atomic mass is 32.2. The number of thiophene rings is 1. The summed E-state index contributed by atoms with van der Waals surface area (Å²) in [5, 5.41) is 3.28. The summed E-state index contributed by atoms with van der Waals surface area (Å²) in [6.45, 7) is 5.83. The van der Waals surface area contributed by atoms with Crippen LogP contribution in [-0.4, -0.2) is 34.7 Å². The van der Waals surface area contributed by atoms with Gasteiger partial charge < -0.3 is 10.1 Å². The van der Waals surface area contributed by atoms with Gasteiger partial charge in [0.15, 0.2) is 0 Å². The lowest BCUT2D eigenvalue weighted by molar-refractivity contribution is 0.184. The van der Waals surface area contributed by atoms with Gasteiger partial charge in [-0.25, -0.2) is 13.1 Å². The first-order valence-corrected chi connectivity index (χ1v) is 9.78. The summed E-state index contributed by atoms with van der Waals surface area (Å²) in [5.41, 5.74) is 0. The minimum atomic E-state index is -3.36. The second-order valence-electron chi connectivity index (χ2n) is 5.31. The van der Waals surface area contributed by atoms with Crippen LogP contribution in [0.5, 0.6) is 0 Å². The molecule has 2 heterocycles. The Hall–Kier alpha value is -0.470. The molecule has 1 unspecified atom stereocenters. The minimum Gasteiger partial charge on any atom is -0.381 e. The molecule has 1 fully saturated rings. The van der Waals surface area contributed by atoms with Crippen molar-refractivity contribution in [3.63, 3.8) is 0 Å². The molecule has 7 heteroatoms. The fraction of sp³-hybridized carbons (Fsp3) is 0.714. The number of rotatable bonds is 9. The summed E-state index contributed by atoms with van der Waals surface area (Å²) in [6.07, 6.45) is 2.95.